The largest absolute Gasteiger partial charge is 0.466 e. The van der Waals surface area contributed by atoms with E-state index in [9.17, 15) is 0 Å². The number of nitrogens with zero attached hydrogens (tertiary/aromatic N) is 1. The molecular formula is C12H15ClN2O2. The summed E-state index contributed by atoms with van der Waals surface area (Å²) in [5.74, 6) is 0.621. The molecule has 0 amide bonds. The number of halogens is 1. The first kappa shape index (κ1) is 12.1. The molecule has 0 aliphatic carbocycles. The maximum atomic E-state index is 6.13. The second kappa shape index (κ2) is 4.85. The first-order valence-corrected chi connectivity index (χ1v) is 5.66. The lowest BCUT2D eigenvalue weighted by Crippen LogP contribution is -2.09. The lowest BCUT2D eigenvalue weighted by Gasteiger charge is -2.10. The van der Waals surface area contributed by atoms with Crippen LogP contribution in [0.3, 0.4) is 0 Å². The van der Waals surface area contributed by atoms with Crippen LogP contribution in [0.25, 0.3) is 10.9 Å². The molecule has 1 aromatic heterocycles. The Labute approximate surface area is 105 Å². The summed E-state index contributed by atoms with van der Waals surface area (Å²) >= 11 is 6.13. The Morgan fingerprint density at radius 3 is 2.76 bits per heavy atom. The van der Waals surface area contributed by atoms with E-state index in [4.69, 9.17) is 21.1 Å². The van der Waals surface area contributed by atoms with Gasteiger partial charge in [0, 0.05) is 31.3 Å². The molecule has 0 fully saturated rings. The first-order valence-electron chi connectivity index (χ1n) is 5.28. The predicted octanol–water partition coefficient (Wildman–Crippen LogP) is 2.76. The van der Waals surface area contributed by atoms with Crippen molar-refractivity contribution >= 4 is 22.5 Å². The molecule has 0 unspecified atom stereocenters. The number of aromatic nitrogens is 1. The summed E-state index contributed by atoms with van der Waals surface area (Å²) < 4.78 is 12.3. The molecule has 0 saturated carbocycles. The van der Waals surface area contributed by atoms with Crippen LogP contribution in [0.2, 0.25) is 5.02 Å². The van der Waals surface area contributed by atoms with Gasteiger partial charge in [0.2, 0.25) is 0 Å². The van der Waals surface area contributed by atoms with Crippen LogP contribution in [0.1, 0.15) is 5.69 Å². The topological polar surface area (TPSA) is 35.4 Å². The molecule has 0 bridgehead atoms. The van der Waals surface area contributed by atoms with Gasteiger partial charge < -0.3 is 14.9 Å². The summed E-state index contributed by atoms with van der Waals surface area (Å²) in [6.45, 7) is 2.21. The van der Waals surface area contributed by atoms with Crippen LogP contribution in [0.4, 0.5) is 0 Å². The number of methoxy groups -OCH3 is 1. The summed E-state index contributed by atoms with van der Waals surface area (Å²) in [7, 11) is 3.45. The van der Waals surface area contributed by atoms with Crippen LogP contribution in [-0.2, 0) is 4.74 Å². The smallest absolute Gasteiger partial charge is 0.188 e. The van der Waals surface area contributed by atoms with Crippen LogP contribution in [-0.4, -0.2) is 25.6 Å². The van der Waals surface area contributed by atoms with E-state index < -0.39 is 0 Å². The van der Waals surface area contributed by atoms with Crippen molar-refractivity contribution in [2.45, 2.75) is 6.92 Å². The third-order valence-electron chi connectivity index (χ3n) is 2.60. The Hall–Kier alpha value is -1.39. The van der Waals surface area contributed by atoms with Crippen molar-refractivity contribution in [1.82, 2.24) is 4.68 Å². The van der Waals surface area contributed by atoms with E-state index in [1.54, 1.807) is 7.11 Å². The molecular weight excluding hydrogens is 240 g/mol. The highest BCUT2D eigenvalue weighted by Crippen LogP contribution is 2.31. The number of rotatable bonds is 4. The Bertz CT molecular complexity index is 537. The summed E-state index contributed by atoms with van der Waals surface area (Å²) in [4.78, 5) is 0. The fourth-order valence-corrected chi connectivity index (χ4v) is 2.10. The second-order valence-corrected chi connectivity index (χ2v) is 4.14. The van der Waals surface area contributed by atoms with Gasteiger partial charge in [-0.05, 0) is 19.1 Å². The van der Waals surface area contributed by atoms with Gasteiger partial charge in [0.05, 0.1) is 10.5 Å². The zero-order chi connectivity index (χ0) is 12.4. The third kappa shape index (κ3) is 2.18. The van der Waals surface area contributed by atoms with E-state index in [0.29, 0.717) is 10.8 Å². The lowest BCUT2D eigenvalue weighted by atomic mass is 10.2. The quantitative estimate of drug-likeness (QED) is 0.853. The van der Waals surface area contributed by atoms with Crippen LogP contribution in [0, 0.1) is 6.92 Å². The van der Waals surface area contributed by atoms with Crippen molar-refractivity contribution in [1.29, 1.82) is 0 Å². The highest BCUT2D eigenvalue weighted by Gasteiger charge is 2.09. The van der Waals surface area contributed by atoms with Gasteiger partial charge in [0.15, 0.2) is 6.79 Å². The molecule has 1 N–H and O–H groups in total. The molecule has 92 valence electrons. The van der Waals surface area contributed by atoms with Gasteiger partial charge in [0.25, 0.3) is 0 Å². The Morgan fingerprint density at radius 2 is 2.12 bits per heavy atom. The van der Waals surface area contributed by atoms with Gasteiger partial charge in [-0.2, -0.15) is 0 Å². The standard InChI is InChI=1S/C12H15ClN2O2/c1-8-4-9-5-10(13)12(17-7-16-3)6-11(9)15(8)14-2/h4-6,14H,7H2,1-3H3. The summed E-state index contributed by atoms with van der Waals surface area (Å²) in [6.07, 6.45) is 0. The van der Waals surface area contributed by atoms with E-state index in [0.717, 1.165) is 16.6 Å². The number of hydrogen-bond acceptors (Lipinski definition) is 3. The Balaban J connectivity index is 2.52. The maximum absolute atomic E-state index is 6.13. The molecule has 5 heteroatoms. The molecule has 17 heavy (non-hydrogen) atoms. The zero-order valence-electron chi connectivity index (χ0n) is 10.1. The second-order valence-electron chi connectivity index (χ2n) is 3.74. The molecule has 0 spiro atoms. The number of hydrogen-bond donors (Lipinski definition) is 1. The van der Waals surface area contributed by atoms with Gasteiger partial charge in [-0.3, -0.25) is 4.68 Å². The van der Waals surface area contributed by atoms with Gasteiger partial charge in [-0.15, -0.1) is 0 Å². The van der Waals surface area contributed by atoms with Gasteiger partial charge >= 0.3 is 0 Å². The van der Waals surface area contributed by atoms with Crippen LogP contribution in [0.15, 0.2) is 18.2 Å². The van der Waals surface area contributed by atoms with Gasteiger partial charge in [0.1, 0.15) is 5.75 Å². The molecule has 0 saturated heterocycles. The molecule has 0 radical (unpaired) electrons. The average molecular weight is 255 g/mol. The van der Waals surface area contributed by atoms with Crippen molar-refractivity contribution in [2.24, 2.45) is 0 Å². The molecule has 0 atom stereocenters. The lowest BCUT2D eigenvalue weighted by molar-refractivity contribution is 0.0513. The van der Waals surface area contributed by atoms with Crippen molar-refractivity contribution in [2.75, 3.05) is 26.4 Å². The molecule has 1 aromatic carbocycles. The molecule has 4 nitrogen and oxygen atoms in total. The normalized spacial score (nSPS) is 10.8. The van der Waals surface area contributed by atoms with E-state index in [2.05, 4.69) is 11.5 Å². The van der Waals surface area contributed by atoms with Crippen molar-refractivity contribution in [3.05, 3.63) is 28.9 Å². The number of nitrogens with one attached hydrogen (secondary N) is 1. The Kier molecular flexibility index (Phi) is 3.45. The fourth-order valence-electron chi connectivity index (χ4n) is 1.88. The Morgan fingerprint density at radius 1 is 1.35 bits per heavy atom. The van der Waals surface area contributed by atoms with Crippen molar-refractivity contribution < 1.29 is 9.47 Å². The van der Waals surface area contributed by atoms with E-state index in [1.165, 1.54) is 0 Å². The van der Waals surface area contributed by atoms with Gasteiger partial charge in [-0.1, -0.05) is 11.6 Å². The predicted molar refractivity (Wildman–Crippen MR) is 69.5 cm³/mol. The fraction of sp³-hybridized carbons (Fsp3) is 0.333. The van der Waals surface area contributed by atoms with Crippen molar-refractivity contribution in [3.63, 3.8) is 0 Å². The molecule has 2 rings (SSSR count). The first-order chi connectivity index (χ1) is 8.17. The molecule has 0 aliphatic rings. The van der Waals surface area contributed by atoms with Crippen LogP contribution >= 0.6 is 11.6 Å². The van der Waals surface area contributed by atoms with E-state index in [1.807, 2.05) is 30.8 Å². The number of aryl methyl sites for hydroxylation is 1. The van der Waals surface area contributed by atoms with Crippen molar-refractivity contribution in [3.8, 4) is 5.75 Å². The minimum Gasteiger partial charge on any atom is -0.466 e. The number of benzene rings is 1. The average Bonchev–Trinajstić information content (AvgIpc) is 2.60. The molecule has 0 aliphatic heterocycles. The monoisotopic (exact) mass is 254 g/mol. The summed E-state index contributed by atoms with van der Waals surface area (Å²) in [5, 5.41) is 1.66. The van der Waals surface area contributed by atoms with E-state index >= 15 is 0 Å². The minimum atomic E-state index is 0.185. The number of fused-ring (bicyclic) bond motifs is 1. The molecule has 1 heterocycles. The van der Waals surface area contributed by atoms with Crippen LogP contribution in [0.5, 0.6) is 5.75 Å². The summed E-state index contributed by atoms with van der Waals surface area (Å²) in [6, 6.07) is 5.86. The maximum Gasteiger partial charge on any atom is 0.188 e. The van der Waals surface area contributed by atoms with Gasteiger partial charge in [-0.25, -0.2) is 0 Å². The van der Waals surface area contributed by atoms with Crippen LogP contribution < -0.4 is 10.2 Å². The number of ether oxygens (including phenoxy) is 2. The minimum absolute atomic E-state index is 0.185. The SMILES string of the molecule is CNn1c(C)cc2cc(Cl)c(OCOC)cc21. The highest BCUT2D eigenvalue weighted by atomic mass is 35.5. The summed E-state index contributed by atoms with van der Waals surface area (Å²) in [5.41, 5.74) is 5.25. The zero-order valence-corrected chi connectivity index (χ0v) is 10.8. The third-order valence-corrected chi connectivity index (χ3v) is 2.89. The highest BCUT2D eigenvalue weighted by molar-refractivity contribution is 6.32. The van der Waals surface area contributed by atoms with E-state index in [-0.39, 0.29) is 6.79 Å². The molecule has 2 aromatic rings.